The lowest BCUT2D eigenvalue weighted by atomic mass is 10.0. The molecule has 26 heavy (non-hydrogen) atoms. The van der Waals surface area contributed by atoms with E-state index in [4.69, 9.17) is 14.2 Å². The first-order valence-electron chi connectivity index (χ1n) is 8.11. The van der Waals surface area contributed by atoms with Crippen LogP contribution >= 0.6 is 0 Å². The minimum atomic E-state index is -0.592. The van der Waals surface area contributed by atoms with Crippen LogP contribution in [0.1, 0.15) is 27.0 Å². The Morgan fingerprint density at radius 1 is 0.962 bits per heavy atom. The maximum Gasteiger partial charge on any atom is 0.331 e. The van der Waals surface area contributed by atoms with E-state index in [-0.39, 0.29) is 12.4 Å². The Balaban J connectivity index is 1.99. The second-order valence-electron chi connectivity index (χ2n) is 5.83. The summed E-state index contributed by atoms with van der Waals surface area (Å²) in [5, 5.41) is 0. The number of ketones is 1. The maximum absolute atomic E-state index is 12.2. The standard InChI is InChI=1S/C21H22O5/c1-14-5-6-15(2)19(9-14)20(22)13-26-21(23)8-7-16-10-17(24-3)12-18(11-16)25-4/h5-12H,13H2,1-4H3/b8-7+. The molecule has 0 fully saturated rings. The molecular weight excluding hydrogens is 332 g/mol. The highest BCUT2D eigenvalue weighted by Crippen LogP contribution is 2.23. The number of Topliss-reactive ketones (excluding diaryl/α,β-unsaturated/α-hetero) is 1. The molecule has 0 N–H and O–H groups in total. The van der Waals surface area contributed by atoms with Crippen molar-refractivity contribution >= 4 is 17.8 Å². The molecule has 2 aromatic carbocycles. The fourth-order valence-corrected chi connectivity index (χ4v) is 2.39. The van der Waals surface area contributed by atoms with Gasteiger partial charge in [-0.25, -0.2) is 4.79 Å². The molecule has 0 spiro atoms. The molecule has 0 aliphatic rings. The zero-order chi connectivity index (χ0) is 19.1. The Kier molecular flexibility index (Phi) is 6.55. The van der Waals surface area contributed by atoms with Gasteiger partial charge in [-0.05, 0) is 49.2 Å². The Bertz CT molecular complexity index is 814. The molecule has 0 amide bonds. The SMILES string of the molecule is COc1cc(/C=C/C(=O)OCC(=O)c2cc(C)ccc2C)cc(OC)c1. The molecule has 0 unspecified atom stereocenters. The molecule has 0 heterocycles. The summed E-state index contributed by atoms with van der Waals surface area (Å²) in [6.07, 6.45) is 2.85. The number of esters is 1. The first-order valence-corrected chi connectivity index (χ1v) is 8.11. The number of rotatable bonds is 7. The van der Waals surface area contributed by atoms with Gasteiger partial charge in [-0.1, -0.05) is 17.7 Å². The third-order valence-corrected chi connectivity index (χ3v) is 3.82. The Morgan fingerprint density at radius 3 is 2.23 bits per heavy atom. The number of ether oxygens (including phenoxy) is 3. The van der Waals surface area contributed by atoms with E-state index in [0.29, 0.717) is 17.1 Å². The third-order valence-electron chi connectivity index (χ3n) is 3.82. The summed E-state index contributed by atoms with van der Waals surface area (Å²) < 4.78 is 15.4. The van der Waals surface area contributed by atoms with Crippen molar-refractivity contribution in [2.45, 2.75) is 13.8 Å². The molecule has 0 aliphatic carbocycles. The molecular formula is C21H22O5. The summed E-state index contributed by atoms with van der Waals surface area (Å²) in [6.45, 7) is 3.47. The van der Waals surface area contributed by atoms with E-state index in [0.717, 1.165) is 16.7 Å². The largest absolute Gasteiger partial charge is 0.497 e. The average molecular weight is 354 g/mol. The van der Waals surface area contributed by atoms with Crippen LogP contribution in [-0.4, -0.2) is 32.6 Å². The van der Waals surface area contributed by atoms with Gasteiger partial charge in [0.2, 0.25) is 5.78 Å². The van der Waals surface area contributed by atoms with E-state index < -0.39 is 5.97 Å². The predicted molar refractivity (Wildman–Crippen MR) is 99.8 cm³/mol. The van der Waals surface area contributed by atoms with Gasteiger partial charge in [-0.3, -0.25) is 4.79 Å². The predicted octanol–water partition coefficient (Wildman–Crippen LogP) is 3.76. The van der Waals surface area contributed by atoms with Gasteiger partial charge in [-0.2, -0.15) is 0 Å². The van der Waals surface area contributed by atoms with Crippen molar-refractivity contribution in [2.24, 2.45) is 0 Å². The molecule has 136 valence electrons. The minimum absolute atomic E-state index is 0.226. The summed E-state index contributed by atoms with van der Waals surface area (Å²) in [5.74, 6) is 0.409. The fraction of sp³-hybridized carbons (Fsp3) is 0.238. The van der Waals surface area contributed by atoms with Gasteiger partial charge in [0.05, 0.1) is 14.2 Å². The van der Waals surface area contributed by atoms with Crippen LogP contribution in [0.25, 0.3) is 6.08 Å². The van der Waals surface area contributed by atoms with Gasteiger partial charge in [0, 0.05) is 17.7 Å². The van der Waals surface area contributed by atoms with E-state index in [1.807, 2.05) is 26.0 Å². The van der Waals surface area contributed by atoms with Crippen molar-refractivity contribution in [3.63, 3.8) is 0 Å². The van der Waals surface area contributed by atoms with Gasteiger partial charge in [0.15, 0.2) is 6.61 Å². The van der Waals surface area contributed by atoms with Gasteiger partial charge in [-0.15, -0.1) is 0 Å². The number of methoxy groups -OCH3 is 2. The molecule has 0 aromatic heterocycles. The van der Waals surface area contributed by atoms with Crippen molar-refractivity contribution in [1.82, 2.24) is 0 Å². The van der Waals surface area contributed by atoms with Gasteiger partial charge in [0.1, 0.15) is 11.5 Å². The van der Waals surface area contributed by atoms with Crippen LogP contribution in [0.5, 0.6) is 11.5 Å². The molecule has 5 heteroatoms. The van der Waals surface area contributed by atoms with Crippen LogP contribution in [0.4, 0.5) is 0 Å². The minimum Gasteiger partial charge on any atom is -0.497 e. The number of carbonyl (C=O) groups excluding carboxylic acids is 2. The van der Waals surface area contributed by atoms with E-state index in [9.17, 15) is 9.59 Å². The highest BCUT2D eigenvalue weighted by atomic mass is 16.5. The van der Waals surface area contributed by atoms with Crippen molar-refractivity contribution in [3.8, 4) is 11.5 Å². The topological polar surface area (TPSA) is 61.8 Å². The molecule has 0 atom stereocenters. The van der Waals surface area contributed by atoms with Crippen LogP contribution in [0.3, 0.4) is 0 Å². The fourth-order valence-electron chi connectivity index (χ4n) is 2.39. The van der Waals surface area contributed by atoms with Gasteiger partial charge < -0.3 is 14.2 Å². The first-order chi connectivity index (χ1) is 12.4. The zero-order valence-corrected chi connectivity index (χ0v) is 15.4. The van der Waals surface area contributed by atoms with Gasteiger partial charge >= 0.3 is 5.97 Å². The smallest absolute Gasteiger partial charge is 0.331 e. The lowest BCUT2D eigenvalue weighted by Crippen LogP contribution is -2.13. The summed E-state index contributed by atoms with van der Waals surface area (Å²) in [4.78, 5) is 24.1. The number of hydrogen-bond donors (Lipinski definition) is 0. The molecule has 0 radical (unpaired) electrons. The normalized spacial score (nSPS) is 10.6. The molecule has 2 aromatic rings. The quantitative estimate of drug-likeness (QED) is 0.430. The lowest BCUT2D eigenvalue weighted by Gasteiger charge is -2.07. The van der Waals surface area contributed by atoms with E-state index in [1.165, 1.54) is 6.08 Å². The Labute approximate surface area is 153 Å². The first kappa shape index (κ1) is 19.2. The molecule has 2 rings (SSSR count). The summed E-state index contributed by atoms with van der Waals surface area (Å²) in [6, 6.07) is 10.9. The zero-order valence-electron chi connectivity index (χ0n) is 15.4. The van der Waals surface area contributed by atoms with Gasteiger partial charge in [0.25, 0.3) is 0 Å². The van der Waals surface area contributed by atoms with Crippen molar-refractivity contribution in [1.29, 1.82) is 0 Å². The molecule has 0 bridgehead atoms. The second kappa shape index (κ2) is 8.85. The van der Waals surface area contributed by atoms with E-state index >= 15 is 0 Å². The van der Waals surface area contributed by atoms with Crippen LogP contribution in [0, 0.1) is 13.8 Å². The van der Waals surface area contributed by atoms with Crippen molar-refractivity contribution in [3.05, 3.63) is 64.7 Å². The highest BCUT2D eigenvalue weighted by molar-refractivity contribution is 6.00. The number of aryl methyl sites for hydroxylation is 2. The molecule has 0 aliphatic heterocycles. The number of hydrogen-bond acceptors (Lipinski definition) is 5. The number of benzene rings is 2. The van der Waals surface area contributed by atoms with Crippen LogP contribution < -0.4 is 9.47 Å². The Morgan fingerprint density at radius 2 is 1.62 bits per heavy atom. The third kappa shape index (κ3) is 5.21. The second-order valence-corrected chi connectivity index (χ2v) is 5.83. The van der Waals surface area contributed by atoms with Crippen LogP contribution in [0.15, 0.2) is 42.5 Å². The van der Waals surface area contributed by atoms with Crippen molar-refractivity contribution < 1.29 is 23.8 Å². The van der Waals surface area contributed by atoms with E-state index in [2.05, 4.69) is 0 Å². The molecule has 5 nitrogen and oxygen atoms in total. The highest BCUT2D eigenvalue weighted by Gasteiger charge is 2.11. The van der Waals surface area contributed by atoms with Crippen LogP contribution in [-0.2, 0) is 9.53 Å². The average Bonchev–Trinajstić information content (AvgIpc) is 2.65. The summed E-state index contributed by atoms with van der Waals surface area (Å²) in [5.41, 5.74) is 3.13. The van der Waals surface area contributed by atoms with Crippen molar-refractivity contribution in [2.75, 3.05) is 20.8 Å². The summed E-state index contributed by atoms with van der Waals surface area (Å²) >= 11 is 0. The Hall–Kier alpha value is -3.08. The maximum atomic E-state index is 12.2. The molecule has 0 saturated carbocycles. The van der Waals surface area contributed by atoms with Crippen LogP contribution in [0.2, 0.25) is 0 Å². The monoisotopic (exact) mass is 354 g/mol. The summed E-state index contributed by atoms with van der Waals surface area (Å²) in [7, 11) is 3.10. The van der Waals surface area contributed by atoms with E-state index in [1.54, 1.807) is 44.6 Å². The lowest BCUT2D eigenvalue weighted by molar-refractivity contribution is -0.136. The molecule has 0 saturated heterocycles. The number of carbonyl (C=O) groups is 2.